The van der Waals surface area contributed by atoms with Crippen LogP contribution in [0.5, 0.6) is 23.0 Å². The molecule has 0 aliphatic carbocycles. The summed E-state index contributed by atoms with van der Waals surface area (Å²) in [5, 5.41) is 8.95. The van der Waals surface area contributed by atoms with Gasteiger partial charge in [-0.05, 0) is 60.7 Å². The zero-order valence-electron chi connectivity index (χ0n) is 21.0. The standard InChI is InChI=1S/C29H26N2O6S/c1-3-35-26-16-20(12-13-25(26)37-19-22-9-5-4-8-21(22)18-30)17-27-28(32)31(29(33)38-27)14-15-36-24-11-7-6-10-23(24)34-2/h4-13,16-17H,3,14-15,19H2,1-2H3/b27-17-. The number of benzene rings is 3. The number of carbonyl (C=O) groups excluding carboxylic acids is 2. The second-order valence-electron chi connectivity index (χ2n) is 8.03. The van der Waals surface area contributed by atoms with Crippen LogP contribution >= 0.6 is 11.8 Å². The molecule has 0 unspecified atom stereocenters. The van der Waals surface area contributed by atoms with Crippen molar-refractivity contribution in [2.45, 2.75) is 13.5 Å². The molecule has 3 aromatic rings. The maximum Gasteiger partial charge on any atom is 0.293 e. The number of thioether (sulfide) groups is 1. The number of hydrogen-bond acceptors (Lipinski definition) is 8. The molecule has 0 aromatic heterocycles. The Balaban J connectivity index is 1.43. The SMILES string of the molecule is CCOc1cc(/C=C2\SC(=O)N(CCOc3ccccc3OC)C2=O)ccc1OCc1ccccc1C#N. The predicted octanol–water partition coefficient (Wildman–Crippen LogP) is 5.66. The highest BCUT2D eigenvalue weighted by Crippen LogP contribution is 2.35. The van der Waals surface area contributed by atoms with Crippen molar-refractivity contribution >= 4 is 29.0 Å². The van der Waals surface area contributed by atoms with E-state index in [2.05, 4.69) is 6.07 Å². The van der Waals surface area contributed by atoms with Crippen molar-refractivity contribution in [3.63, 3.8) is 0 Å². The van der Waals surface area contributed by atoms with Gasteiger partial charge in [0.25, 0.3) is 11.1 Å². The molecule has 1 heterocycles. The third-order valence-electron chi connectivity index (χ3n) is 5.60. The quantitative estimate of drug-likeness (QED) is 0.293. The van der Waals surface area contributed by atoms with Crippen molar-refractivity contribution in [3.05, 3.63) is 88.3 Å². The Morgan fingerprint density at radius 3 is 2.42 bits per heavy atom. The van der Waals surface area contributed by atoms with Crippen LogP contribution in [0.3, 0.4) is 0 Å². The number of imide groups is 1. The highest BCUT2D eigenvalue weighted by molar-refractivity contribution is 8.18. The number of amides is 2. The molecule has 0 atom stereocenters. The normalized spacial score (nSPS) is 13.9. The average molecular weight is 531 g/mol. The fourth-order valence-electron chi connectivity index (χ4n) is 3.74. The first-order chi connectivity index (χ1) is 18.5. The Morgan fingerprint density at radius 2 is 1.66 bits per heavy atom. The van der Waals surface area contributed by atoms with Gasteiger partial charge >= 0.3 is 0 Å². The molecular weight excluding hydrogens is 504 g/mol. The third-order valence-corrected chi connectivity index (χ3v) is 6.51. The zero-order chi connectivity index (χ0) is 26.9. The number of ether oxygens (including phenoxy) is 4. The van der Waals surface area contributed by atoms with E-state index in [-0.39, 0.29) is 30.9 Å². The lowest BCUT2D eigenvalue weighted by Crippen LogP contribution is -2.32. The van der Waals surface area contributed by atoms with Crippen LogP contribution < -0.4 is 18.9 Å². The van der Waals surface area contributed by atoms with Crippen LogP contribution in [0, 0.1) is 11.3 Å². The van der Waals surface area contributed by atoms with Gasteiger partial charge in [0.1, 0.15) is 13.2 Å². The Hall–Kier alpha value is -4.42. The van der Waals surface area contributed by atoms with Gasteiger partial charge in [-0.3, -0.25) is 14.5 Å². The van der Waals surface area contributed by atoms with E-state index in [1.165, 1.54) is 4.90 Å². The molecule has 0 radical (unpaired) electrons. The Kier molecular flexibility index (Phi) is 8.90. The van der Waals surface area contributed by atoms with Gasteiger partial charge in [0, 0.05) is 5.56 Å². The number of nitrogens with zero attached hydrogens (tertiary/aromatic N) is 2. The second kappa shape index (κ2) is 12.7. The van der Waals surface area contributed by atoms with E-state index in [9.17, 15) is 14.9 Å². The fraction of sp³-hybridized carbons (Fsp3) is 0.207. The first-order valence-electron chi connectivity index (χ1n) is 11.9. The van der Waals surface area contributed by atoms with Gasteiger partial charge < -0.3 is 18.9 Å². The molecule has 194 valence electrons. The highest BCUT2D eigenvalue weighted by atomic mass is 32.2. The number of nitriles is 1. The van der Waals surface area contributed by atoms with Gasteiger partial charge in [0.15, 0.2) is 23.0 Å². The van der Waals surface area contributed by atoms with Crippen molar-refractivity contribution in [1.29, 1.82) is 5.26 Å². The molecule has 1 saturated heterocycles. The maximum absolute atomic E-state index is 12.9. The van der Waals surface area contributed by atoms with Crippen LogP contribution in [-0.4, -0.2) is 42.9 Å². The van der Waals surface area contributed by atoms with Crippen LogP contribution in [0.2, 0.25) is 0 Å². The van der Waals surface area contributed by atoms with Crippen LogP contribution in [0.1, 0.15) is 23.6 Å². The smallest absolute Gasteiger partial charge is 0.293 e. The van der Waals surface area contributed by atoms with E-state index < -0.39 is 0 Å². The van der Waals surface area contributed by atoms with Crippen molar-refractivity contribution in [2.24, 2.45) is 0 Å². The van der Waals surface area contributed by atoms with Gasteiger partial charge in [-0.2, -0.15) is 5.26 Å². The highest BCUT2D eigenvalue weighted by Gasteiger charge is 2.34. The average Bonchev–Trinajstić information content (AvgIpc) is 3.20. The molecular formula is C29H26N2O6S. The molecule has 1 aliphatic rings. The first-order valence-corrected chi connectivity index (χ1v) is 12.7. The molecule has 2 amide bonds. The number of rotatable bonds is 11. The summed E-state index contributed by atoms with van der Waals surface area (Å²) in [5.74, 6) is 1.75. The summed E-state index contributed by atoms with van der Waals surface area (Å²) in [4.78, 5) is 26.9. The van der Waals surface area contributed by atoms with Crippen molar-refractivity contribution in [1.82, 2.24) is 4.90 Å². The Labute approximate surface area is 225 Å². The Morgan fingerprint density at radius 1 is 0.921 bits per heavy atom. The van der Waals surface area contributed by atoms with Crippen LogP contribution in [0.25, 0.3) is 6.08 Å². The molecule has 4 rings (SSSR count). The third kappa shape index (κ3) is 6.28. The second-order valence-corrected chi connectivity index (χ2v) is 9.02. The van der Waals surface area contributed by atoms with Crippen molar-refractivity contribution in [2.75, 3.05) is 26.9 Å². The van der Waals surface area contributed by atoms with Gasteiger partial charge in [0.05, 0.1) is 36.8 Å². The number of methoxy groups -OCH3 is 1. The van der Waals surface area contributed by atoms with E-state index in [0.717, 1.165) is 17.3 Å². The maximum atomic E-state index is 12.9. The van der Waals surface area contributed by atoms with Gasteiger partial charge in [-0.1, -0.05) is 36.4 Å². The lowest BCUT2D eigenvalue weighted by molar-refractivity contribution is -0.123. The van der Waals surface area contributed by atoms with E-state index in [1.807, 2.05) is 31.2 Å². The largest absolute Gasteiger partial charge is 0.493 e. The number of hydrogen-bond donors (Lipinski definition) is 0. The van der Waals surface area contributed by atoms with E-state index in [4.69, 9.17) is 18.9 Å². The minimum Gasteiger partial charge on any atom is -0.493 e. The lowest BCUT2D eigenvalue weighted by Gasteiger charge is -2.14. The molecule has 1 fully saturated rings. The van der Waals surface area contributed by atoms with Crippen LogP contribution in [0.4, 0.5) is 4.79 Å². The van der Waals surface area contributed by atoms with E-state index >= 15 is 0 Å². The first kappa shape index (κ1) is 26.6. The summed E-state index contributed by atoms with van der Waals surface area (Å²) in [6.45, 7) is 2.73. The van der Waals surface area contributed by atoms with E-state index in [1.54, 1.807) is 55.7 Å². The zero-order valence-corrected chi connectivity index (χ0v) is 21.8. The molecule has 3 aromatic carbocycles. The van der Waals surface area contributed by atoms with Crippen molar-refractivity contribution < 1.29 is 28.5 Å². The molecule has 0 bridgehead atoms. The lowest BCUT2D eigenvalue weighted by atomic mass is 10.1. The molecule has 1 aliphatic heterocycles. The summed E-state index contributed by atoms with van der Waals surface area (Å²) in [6, 6.07) is 21.9. The minimum absolute atomic E-state index is 0.112. The summed E-state index contributed by atoms with van der Waals surface area (Å²) in [7, 11) is 1.55. The van der Waals surface area contributed by atoms with Crippen LogP contribution in [-0.2, 0) is 11.4 Å². The summed E-state index contributed by atoms with van der Waals surface area (Å²) < 4.78 is 22.7. The van der Waals surface area contributed by atoms with Crippen LogP contribution in [0.15, 0.2) is 71.6 Å². The van der Waals surface area contributed by atoms with E-state index in [0.29, 0.717) is 45.6 Å². The molecule has 38 heavy (non-hydrogen) atoms. The molecule has 8 nitrogen and oxygen atoms in total. The monoisotopic (exact) mass is 530 g/mol. The predicted molar refractivity (Wildman–Crippen MR) is 144 cm³/mol. The number of carbonyl (C=O) groups is 2. The summed E-state index contributed by atoms with van der Waals surface area (Å²) in [6.07, 6.45) is 1.66. The molecule has 0 N–H and O–H groups in total. The summed E-state index contributed by atoms with van der Waals surface area (Å²) in [5.41, 5.74) is 2.00. The molecule has 0 saturated carbocycles. The molecule has 0 spiro atoms. The molecule has 9 heteroatoms. The fourth-order valence-corrected chi connectivity index (χ4v) is 4.61. The number of para-hydroxylation sites is 2. The summed E-state index contributed by atoms with van der Waals surface area (Å²) >= 11 is 0.881. The van der Waals surface area contributed by atoms with Gasteiger partial charge in [0.2, 0.25) is 0 Å². The van der Waals surface area contributed by atoms with Gasteiger partial charge in [-0.15, -0.1) is 0 Å². The topological polar surface area (TPSA) is 98.1 Å². The van der Waals surface area contributed by atoms with Crippen molar-refractivity contribution in [3.8, 4) is 29.1 Å². The van der Waals surface area contributed by atoms with Gasteiger partial charge in [-0.25, -0.2) is 0 Å². The minimum atomic E-state index is -0.380. The Bertz CT molecular complexity index is 1400.